The van der Waals surface area contributed by atoms with Gasteiger partial charge in [0, 0.05) is 31.8 Å². The number of hydrogen-bond donors (Lipinski definition) is 0. The zero-order valence-corrected chi connectivity index (χ0v) is 25.2. The first-order chi connectivity index (χ1) is 21.5. The van der Waals surface area contributed by atoms with E-state index in [9.17, 15) is 17.6 Å². The van der Waals surface area contributed by atoms with Crippen molar-refractivity contribution in [3.05, 3.63) is 95.6 Å². The van der Waals surface area contributed by atoms with Gasteiger partial charge in [-0.25, -0.2) is 0 Å². The number of ether oxygens (including phenoxy) is 1. The average Bonchev–Trinajstić information content (AvgIpc) is 3.38. The molecule has 0 radical (unpaired) electrons. The lowest BCUT2D eigenvalue weighted by Crippen LogP contribution is -2.65. The van der Waals surface area contributed by atoms with Crippen molar-refractivity contribution in [1.29, 1.82) is 0 Å². The van der Waals surface area contributed by atoms with Crippen LogP contribution in [-0.4, -0.2) is 18.6 Å². The van der Waals surface area contributed by atoms with Gasteiger partial charge in [-0.1, -0.05) is 63.2 Å². The maximum Gasteiger partial charge on any atom is 0.383 e. The summed E-state index contributed by atoms with van der Waals surface area (Å²) in [5, 5.41) is 0.735. The smallest absolute Gasteiger partial charge is 0.383 e. The van der Waals surface area contributed by atoms with E-state index in [1.54, 1.807) is 47.4 Å². The second kappa shape index (κ2) is 8.84. The van der Waals surface area contributed by atoms with Crippen molar-refractivity contribution in [2.75, 3.05) is 4.90 Å². The van der Waals surface area contributed by atoms with Crippen molar-refractivity contribution in [1.82, 2.24) is 0 Å². The molecule has 0 saturated heterocycles. The van der Waals surface area contributed by atoms with Gasteiger partial charge in [0.05, 0.1) is 11.3 Å². The number of anilines is 3. The fraction of sp³-hybridized carbons (Fsp3) is 0.235. The Hall–Kier alpha value is -4.06. The normalized spacial score (nSPS) is 19.5. The molecular formula is C34H22BF8NOS. The van der Waals surface area contributed by atoms with Crippen molar-refractivity contribution in [2.45, 2.75) is 49.9 Å². The van der Waals surface area contributed by atoms with Crippen LogP contribution in [0.4, 0.5) is 52.2 Å². The molecule has 4 aromatic carbocycles. The highest BCUT2D eigenvalue weighted by Gasteiger charge is 2.86. The molecule has 2 aliphatic heterocycles. The van der Waals surface area contributed by atoms with Gasteiger partial charge in [-0.15, -0.1) is 11.3 Å². The van der Waals surface area contributed by atoms with Crippen LogP contribution in [0.2, 0.25) is 0 Å². The molecule has 2 nitrogen and oxygen atoms in total. The molecule has 1 aromatic heterocycles. The quantitative estimate of drug-likeness (QED) is 0.129. The number of nitrogens with zero attached hydrogens (tertiary/aromatic N) is 1. The van der Waals surface area contributed by atoms with Crippen LogP contribution >= 0.6 is 11.3 Å². The van der Waals surface area contributed by atoms with Crippen LogP contribution in [0.5, 0.6) is 11.5 Å². The van der Waals surface area contributed by atoms with Crippen LogP contribution in [0.15, 0.2) is 78.9 Å². The van der Waals surface area contributed by atoms with E-state index in [-0.39, 0.29) is 22.3 Å². The lowest BCUT2D eigenvalue weighted by Gasteiger charge is -2.46. The summed E-state index contributed by atoms with van der Waals surface area (Å²) >= 11 is 1.36. The fourth-order valence-corrected chi connectivity index (χ4v) is 8.12. The van der Waals surface area contributed by atoms with Gasteiger partial charge < -0.3 is 9.64 Å². The van der Waals surface area contributed by atoms with E-state index in [0.717, 1.165) is 15.6 Å². The lowest BCUT2D eigenvalue weighted by atomic mass is 9.36. The summed E-state index contributed by atoms with van der Waals surface area (Å²) in [7, 11) is 0. The van der Waals surface area contributed by atoms with E-state index < -0.39 is 47.3 Å². The molecule has 0 N–H and O–H groups in total. The fourth-order valence-electron chi connectivity index (χ4n) is 6.82. The third-order valence-electron chi connectivity index (χ3n) is 9.16. The molecule has 0 saturated carbocycles. The molecule has 0 bridgehead atoms. The third-order valence-corrected chi connectivity index (χ3v) is 10.4. The van der Waals surface area contributed by atoms with Crippen molar-refractivity contribution >= 4 is 60.9 Å². The first kappa shape index (κ1) is 29.4. The number of fused-ring (bicyclic) bond motifs is 8. The predicted molar refractivity (Wildman–Crippen MR) is 164 cm³/mol. The van der Waals surface area contributed by atoms with Crippen LogP contribution < -0.4 is 25.3 Å². The van der Waals surface area contributed by atoms with Crippen LogP contribution in [0.25, 0.3) is 10.1 Å². The molecule has 46 heavy (non-hydrogen) atoms. The van der Waals surface area contributed by atoms with E-state index in [4.69, 9.17) is 4.74 Å². The maximum absolute atomic E-state index is 15.7. The summed E-state index contributed by atoms with van der Waals surface area (Å²) in [5.41, 5.74) is -1.89. The summed E-state index contributed by atoms with van der Waals surface area (Å²) in [6.45, 7) is 5.18. The number of thiophene rings is 1. The minimum absolute atomic E-state index is 0.0222. The minimum atomic E-state index is -6.42. The number of alkyl halides is 8. The van der Waals surface area contributed by atoms with Gasteiger partial charge in [0.1, 0.15) is 11.5 Å². The Balaban J connectivity index is 1.57. The van der Waals surface area contributed by atoms with Crippen LogP contribution in [0.1, 0.15) is 37.5 Å². The first-order valence-electron chi connectivity index (χ1n) is 14.4. The highest BCUT2D eigenvalue weighted by molar-refractivity contribution is 7.33. The molecule has 1 aliphatic carbocycles. The number of hydrogen-bond acceptors (Lipinski definition) is 3. The minimum Gasteiger partial charge on any atom is -0.458 e. The summed E-state index contributed by atoms with van der Waals surface area (Å²) in [6.07, 6.45) is 0. The van der Waals surface area contributed by atoms with Crippen molar-refractivity contribution < 1.29 is 39.9 Å². The molecule has 0 unspecified atom stereocenters. The molecule has 12 heteroatoms. The van der Waals surface area contributed by atoms with Crippen LogP contribution in [0, 0.1) is 0 Å². The van der Waals surface area contributed by atoms with Crippen molar-refractivity contribution in [3.63, 3.8) is 0 Å². The van der Waals surface area contributed by atoms with Gasteiger partial charge in [0.15, 0.2) is 0 Å². The Morgan fingerprint density at radius 2 is 1.41 bits per heavy atom. The summed E-state index contributed by atoms with van der Waals surface area (Å²) in [4.78, 5) is 1.56. The number of rotatable bonds is 1. The number of halogens is 8. The molecule has 0 atom stereocenters. The van der Waals surface area contributed by atoms with Crippen molar-refractivity contribution in [3.8, 4) is 11.5 Å². The second-order valence-corrected chi connectivity index (χ2v) is 14.0. The monoisotopic (exact) mass is 655 g/mol. The molecule has 0 spiro atoms. The Morgan fingerprint density at radius 1 is 0.761 bits per heavy atom. The lowest BCUT2D eigenvalue weighted by molar-refractivity contribution is -0.386. The van der Waals surface area contributed by atoms with Gasteiger partial charge in [-0.2, -0.15) is 35.1 Å². The van der Waals surface area contributed by atoms with E-state index in [0.29, 0.717) is 27.7 Å². The highest BCUT2D eigenvalue weighted by atomic mass is 32.1. The zero-order chi connectivity index (χ0) is 32.8. The molecule has 8 rings (SSSR count). The largest absolute Gasteiger partial charge is 0.458 e. The van der Waals surface area contributed by atoms with Gasteiger partial charge in [-0.3, -0.25) is 0 Å². The van der Waals surface area contributed by atoms with Gasteiger partial charge in [0.25, 0.3) is 6.71 Å². The molecule has 234 valence electrons. The second-order valence-electron chi connectivity index (χ2n) is 12.9. The average molecular weight is 655 g/mol. The Kier molecular flexibility index (Phi) is 5.64. The molecule has 3 heterocycles. The van der Waals surface area contributed by atoms with Gasteiger partial charge in [0.2, 0.25) is 0 Å². The third kappa shape index (κ3) is 3.43. The summed E-state index contributed by atoms with van der Waals surface area (Å²) in [5.74, 6) is -25.2. The Labute approximate surface area is 262 Å². The van der Waals surface area contributed by atoms with E-state index in [1.807, 2.05) is 39.0 Å². The maximum atomic E-state index is 15.7. The molecule has 3 aliphatic rings. The number of benzene rings is 4. The van der Waals surface area contributed by atoms with E-state index in [1.165, 1.54) is 23.5 Å². The summed E-state index contributed by atoms with van der Waals surface area (Å²) in [6, 6.07) is 21.1. The highest BCUT2D eigenvalue weighted by Crippen LogP contribution is 2.67. The van der Waals surface area contributed by atoms with Crippen LogP contribution in [0.3, 0.4) is 0 Å². The predicted octanol–water partition coefficient (Wildman–Crippen LogP) is 9.07. The van der Waals surface area contributed by atoms with Crippen LogP contribution in [-0.2, 0) is 17.3 Å². The molecule has 0 amide bonds. The van der Waals surface area contributed by atoms with E-state index >= 15 is 17.6 Å². The van der Waals surface area contributed by atoms with E-state index in [2.05, 4.69) is 0 Å². The van der Waals surface area contributed by atoms with Gasteiger partial charge >= 0.3 is 23.7 Å². The van der Waals surface area contributed by atoms with Crippen molar-refractivity contribution in [2.24, 2.45) is 0 Å². The number of para-hydroxylation sites is 2. The zero-order valence-electron chi connectivity index (χ0n) is 24.4. The Morgan fingerprint density at radius 3 is 2.11 bits per heavy atom. The standard InChI is InChI=1S/C34H22BF8NOS/c1-30(2,3)17-13-14-24-19(15-17)27-29(46-24)35-21-11-7-8-12-23(21)45-28-25-20(31(36,37)33(40,41)34(42,43)32(25,38)39)16-22(26(28)35)44(27)18-9-5-4-6-10-18/h4-16H,1-3H3. The SMILES string of the molecule is CC(C)(C)c1ccc2sc3c(c2c1)N(c1ccccc1)c1cc2c(c4c1B3c1ccccc1O4)C(F)(F)C(F)(F)C(F)(F)C2(F)F. The molecular weight excluding hydrogens is 633 g/mol. The Bertz CT molecular complexity index is 2100. The topological polar surface area (TPSA) is 12.5 Å². The summed E-state index contributed by atoms with van der Waals surface area (Å²) < 4.78 is 130. The molecule has 0 fully saturated rings. The molecule has 5 aromatic rings. The first-order valence-corrected chi connectivity index (χ1v) is 15.2. The van der Waals surface area contributed by atoms with Gasteiger partial charge in [-0.05, 0) is 58.3 Å².